The Hall–Kier alpha value is -3.45. The number of fused-ring (bicyclic) bond motifs is 1. The van der Waals surface area contributed by atoms with Crippen LogP contribution in [-0.2, 0) is 6.42 Å². The molecule has 0 saturated carbocycles. The van der Waals surface area contributed by atoms with E-state index in [1.165, 1.54) is 11.1 Å². The van der Waals surface area contributed by atoms with Crippen LogP contribution in [0.25, 0.3) is 11.0 Å². The molecule has 7 nitrogen and oxygen atoms in total. The highest BCUT2D eigenvalue weighted by Crippen LogP contribution is 2.19. The Morgan fingerprint density at radius 3 is 2.90 bits per heavy atom. The van der Waals surface area contributed by atoms with Gasteiger partial charge in [-0.2, -0.15) is 5.10 Å². The third kappa shape index (κ3) is 3.77. The number of carbonyl (C=O) groups is 1. The zero-order valence-electron chi connectivity index (χ0n) is 15.9. The van der Waals surface area contributed by atoms with Gasteiger partial charge in [0, 0.05) is 12.7 Å². The number of anilines is 1. The number of imidazole rings is 1. The van der Waals surface area contributed by atoms with Gasteiger partial charge in [-0.25, -0.2) is 4.98 Å². The Bertz CT molecular complexity index is 1140. The summed E-state index contributed by atoms with van der Waals surface area (Å²) in [6.45, 7) is 1.90. The summed E-state index contributed by atoms with van der Waals surface area (Å²) in [6.07, 6.45) is 5.43. The van der Waals surface area contributed by atoms with Gasteiger partial charge in [-0.05, 0) is 42.6 Å². The highest BCUT2D eigenvalue weighted by atomic mass is 16.2. The SMILES string of the molecule is O=C(Nc1cnn(C2CCNC2)c1)c1nc2ccc(Cc3ccccc3)cc2[nH]1. The Morgan fingerprint density at radius 2 is 2.07 bits per heavy atom. The van der Waals surface area contributed by atoms with Crippen LogP contribution in [0.2, 0.25) is 0 Å². The van der Waals surface area contributed by atoms with E-state index in [1.807, 2.05) is 35.1 Å². The zero-order valence-corrected chi connectivity index (χ0v) is 15.9. The molecule has 7 heteroatoms. The summed E-state index contributed by atoms with van der Waals surface area (Å²) in [6, 6.07) is 16.7. The molecule has 1 aliphatic heterocycles. The maximum atomic E-state index is 12.6. The van der Waals surface area contributed by atoms with Gasteiger partial charge in [-0.15, -0.1) is 0 Å². The number of aromatic amines is 1. The van der Waals surface area contributed by atoms with E-state index in [9.17, 15) is 4.79 Å². The number of amides is 1. The molecular weight excluding hydrogens is 364 g/mol. The first kappa shape index (κ1) is 17.6. The summed E-state index contributed by atoms with van der Waals surface area (Å²) in [5.41, 5.74) is 4.73. The van der Waals surface area contributed by atoms with Crippen molar-refractivity contribution in [3.63, 3.8) is 0 Å². The minimum absolute atomic E-state index is 0.269. The van der Waals surface area contributed by atoms with Gasteiger partial charge in [0.25, 0.3) is 5.91 Å². The van der Waals surface area contributed by atoms with Crippen molar-refractivity contribution in [2.45, 2.75) is 18.9 Å². The number of hydrogen-bond acceptors (Lipinski definition) is 4. The predicted octanol–water partition coefficient (Wildman–Crippen LogP) is 3.14. The molecule has 0 bridgehead atoms. The van der Waals surface area contributed by atoms with Gasteiger partial charge in [-0.3, -0.25) is 9.48 Å². The van der Waals surface area contributed by atoms with Crippen LogP contribution in [0.5, 0.6) is 0 Å². The summed E-state index contributed by atoms with van der Waals surface area (Å²) in [5.74, 6) is 0.0297. The fraction of sp³-hybridized carbons (Fsp3) is 0.227. The molecule has 0 radical (unpaired) electrons. The number of nitrogens with one attached hydrogen (secondary N) is 3. The van der Waals surface area contributed by atoms with E-state index in [-0.39, 0.29) is 5.91 Å². The van der Waals surface area contributed by atoms with Gasteiger partial charge in [0.15, 0.2) is 5.82 Å². The van der Waals surface area contributed by atoms with Gasteiger partial charge < -0.3 is 15.6 Å². The summed E-state index contributed by atoms with van der Waals surface area (Å²) >= 11 is 0. The number of nitrogens with zero attached hydrogens (tertiary/aromatic N) is 3. The molecule has 0 aliphatic carbocycles. The van der Waals surface area contributed by atoms with Crippen LogP contribution in [0.1, 0.15) is 34.2 Å². The molecule has 3 heterocycles. The summed E-state index contributed by atoms with van der Waals surface area (Å²) < 4.78 is 1.91. The molecule has 4 aromatic rings. The van der Waals surface area contributed by atoms with Crippen LogP contribution in [0.15, 0.2) is 60.9 Å². The largest absolute Gasteiger partial charge is 0.334 e. The number of carbonyl (C=O) groups excluding carboxylic acids is 1. The van der Waals surface area contributed by atoms with Crippen molar-refractivity contribution in [1.82, 2.24) is 25.1 Å². The highest BCUT2D eigenvalue weighted by molar-refractivity contribution is 6.03. The van der Waals surface area contributed by atoms with Crippen molar-refractivity contribution in [3.05, 3.63) is 77.9 Å². The lowest BCUT2D eigenvalue weighted by atomic mass is 10.0. The molecule has 1 amide bonds. The van der Waals surface area contributed by atoms with Crippen LogP contribution in [-0.4, -0.2) is 38.7 Å². The molecule has 2 aromatic carbocycles. The van der Waals surface area contributed by atoms with Gasteiger partial charge in [-0.1, -0.05) is 36.4 Å². The molecule has 1 saturated heterocycles. The van der Waals surface area contributed by atoms with Crippen LogP contribution in [0, 0.1) is 0 Å². The Balaban J connectivity index is 1.31. The quantitative estimate of drug-likeness (QED) is 0.492. The first-order valence-electron chi connectivity index (χ1n) is 9.83. The van der Waals surface area contributed by atoms with Crippen LogP contribution in [0.3, 0.4) is 0 Å². The monoisotopic (exact) mass is 386 g/mol. The molecule has 0 spiro atoms. The minimum atomic E-state index is -0.269. The lowest BCUT2D eigenvalue weighted by molar-refractivity contribution is 0.101. The van der Waals surface area contributed by atoms with E-state index in [1.54, 1.807) is 6.20 Å². The molecule has 1 aliphatic rings. The first-order valence-corrected chi connectivity index (χ1v) is 9.83. The van der Waals surface area contributed by atoms with Crippen LogP contribution < -0.4 is 10.6 Å². The number of benzene rings is 2. The van der Waals surface area contributed by atoms with Crippen molar-refractivity contribution < 1.29 is 4.79 Å². The van der Waals surface area contributed by atoms with Crippen LogP contribution in [0.4, 0.5) is 5.69 Å². The van der Waals surface area contributed by atoms with E-state index in [4.69, 9.17) is 0 Å². The van der Waals surface area contributed by atoms with Crippen molar-refractivity contribution in [2.75, 3.05) is 18.4 Å². The second-order valence-corrected chi connectivity index (χ2v) is 7.41. The normalized spacial score (nSPS) is 16.3. The second-order valence-electron chi connectivity index (χ2n) is 7.41. The fourth-order valence-electron chi connectivity index (χ4n) is 3.76. The maximum Gasteiger partial charge on any atom is 0.291 e. The van der Waals surface area contributed by atoms with Gasteiger partial charge in [0.05, 0.1) is 29.0 Å². The molecule has 5 rings (SSSR count). The van der Waals surface area contributed by atoms with Crippen molar-refractivity contribution in [1.29, 1.82) is 0 Å². The Labute approximate surface area is 168 Å². The highest BCUT2D eigenvalue weighted by Gasteiger charge is 2.18. The molecular formula is C22H22N6O. The first-order chi connectivity index (χ1) is 14.2. The molecule has 1 unspecified atom stereocenters. The predicted molar refractivity (Wildman–Crippen MR) is 112 cm³/mol. The molecule has 1 fully saturated rings. The summed E-state index contributed by atoms with van der Waals surface area (Å²) in [5, 5.41) is 10.6. The van der Waals surface area contributed by atoms with Crippen LogP contribution >= 0.6 is 0 Å². The zero-order chi connectivity index (χ0) is 19.6. The molecule has 1 atom stereocenters. The summed E-state index contributed by atoms with van der Waals surface area (Å²) in [4.78, 5) is 20.2. The Kier molecular flexibility index (Phi) is 4.57. The third-order valence-corrected chi connectivity index (χ3v) is 5.28. The summed E-state index contributed by atoms with van der Waals surface area (Å²) in [7, 11) is 0. The standard InChI is InChI=1S/C22H22N6O/c29-22(25-17-12-24-28(14-17)18-8-9-23-13-18)21-26-19-7-6-16(11-20(19)27-21)10-15-4-2-1-3-5-15/h1-7,11-12,14,18,23H,8-10,13H2,(H,25,29)(H,26,27). The fourth-order valence-corrected chi connectivity index (χ4v) is 3.76. The number of rotatable bonds is 5. The average Bonchev–Trinajstić information content (AvgIpc) is 3.48. The van der Waals surface area contributed by atoms with E-state index in [0.717, 1.165) is 37.0 Å². The van der Waals surface area contributed by atoms with Crippen molar-refractivity contribution in [3.8, 4) is 0 Å². The molecule has 146 valence electrons. The molecule has 2 aromatic heterocycles. The van der Waals surface area contributed by atoms with E-state index in [0.29, 0.717) is 17.6 Å². The van der Waals surface area contributed by atoms with E-state index in [2.05, 4.69) is 50.0 Å². The van der Waals surface area contributed by atoms with E-state index >= 15 is 0 Å². The third-order valence-electron chi connectivity index (χ3n) is 5.28. The van der Waals surface area contributed by atoms with Gasteiger partial charge >= 0.3 is 0 Å². The van der Waals surface area contributed by atoms with Gasteiger partial charge in [0.1, 0.15) is 0 Å². The lowest BCUT2D eigenvalue weighted by Gasteiger charge is -2.07. The lowest BCUT2D eigenvalue weighted by Crippen LogP contribution is -2.14. The second kappa shape index (κ2) is 7.52. The van der Waals surface area contributed by atoms with Crippen molar-refractivity contribution in [2.24, 2.45) is 0 Å². The number of hydrogen-bond donors (Lipinski definition) is 3. The maximum absolute atomic E-state index is 12.6. The molecule has 3 N–H and O–H groups in total. The van der Waals surface area contributed by atoms with Crippen molar-refractivity contribution >= 4 is 22.6 Å². The minimum Gasteiger partial charge on any atom is -0.334 e. The average molecular weight is 386 g/mol. The Morgan fingerprint density at radius 1 is 1.17 bits per heavy atom. The number of aromatic nitrogens is 4. The topological polar surface area (TPSA) is 87.6 Å². The number of H-pyrrole nitrogens is 1. The van der Waals surface area contributed by atoms with E-state index < -0.39 is 0 Å². The molecule has 29 heavy (non-hydrogen) atoms. The van der Waals surface area contributed by atoms with Gasteiger partial charge in [0.2, 0.25) is 0 Å². The smallest absolute Gasteiger partial charge is 0.291 e.